The zero-order valence-electron chi connectivity index (χ0n) is 9.87. The van der Waals surface area contributed by atoms with Gasteiger partial charge in [-0.25, -0.2) is 13.8 Å². The van der Waals surface area contributed by atoms with Crippen LogP contribution in [0.3, 0.4) is 0 Å². The molecule has 0 unspecified atom stereocenters. The van der Waals surface area contributed by atoms with Crippen LogP contribution in [0.2, 0.25) is 0 Å². The van der Waals surface area contributed by atoms with E-state index in [-0.39, 0.29) is 34.5 Å². The van der Waals surface area contributed by atoms with Crippen molar-refractivity contribution in [3.8, 4) is 5.88 Å². The van der Waals surface area contributed by atoms with E-state index in [4.69, 9.17) is 9.47 Å². The molecule has 18 heavy (non-hydrogen) atoms. The minimum atomic E-state index is -2.74. The predicted molar refractivity (Wildman–Crippen MR) is 63.8 cm³/mol. The van der Waals surface area contributed by atoms with Crippen molar-refractivity contribution in [1.29, 1.82) is 0 Å². The van der Waals surface area contributed by atoms with Crippen LogP contribution in [0.4, 0.5) is 8.78 Å². The molecule has 1 aromatic heterocycles. The van der Waals surface area contributed by atoms with Gasteiger partial charge in [-0.05, 0) is 22.9 Å². The van der Waals surface area contributed by atoms with E-state index in [1.165, 1.54) is 13.3 Å². The first kappa shape index (κ1) is 14.8. The molecule has 0 bridgehead atoms. The first-order valence-electron chi connectivity index (χ1n) is 5.16. The third-order valence-corrected chi connectivity index (χ3v) is 2.81. The molecule has 4 nitrogen and oxygen atoms in total. The van der Waals surface area contributed by atoms with Gasteiger partial charge in [-0.15, -0.1) is 0 Å². The molecule has 0 spiro atoms. The quantitative estimate of drug-likeness (QED) is 0.782. The topological polar surface area (TPSA) is 48.4 Å². The summed E-state index contributed by atoms with van der Waals surface area (Å²) >= 11 is 2.99. The smallest absolute Gasteiger partial charge is 0.310 e. The number of ether oxygens (including phenoxy) is 2. The molecule has 0 fully saturated rings. The number of pyridine rings is 1. The molecule has 0 atom stereocenters. The molecule has 0 aliphatic heterocycles. The SMILES string of the molecule is CCOC(=O)Cc1c(OC)ncc(Br)c1C(F)F. The Hall–Kier alpha value is -1.24. The van der Waals surface area contributed by atoms with Gasteiger partial charge in [0.2, 0.25) is 5.88 Å². The largest absolute Gasteiger partial charge is 0.481 e. The van der Waals surface area contributed by atoms with E-state index < -0.39 is 12.4 Å². The van der Waals surface area contributed by atoms with Crippen LogP contribution >= 0.6 is 15.9 Å². The standard InChI is InChI=1S/C11H12BrF2NO3/c1-3-18-8(16)4-6-9(10(13)14)7(12)5-15-11(6)17-2/h5,10H,3-4H2,1-2H3. The van der Waals surface area contributed by atoms with Crippen LogP contribution in [0.5, 0.6) is 5.88 Å². The van der Waals surface area contributed by atoms with Gasteiger partial charge in [-0.2, -0.15) is 0 Å². The normalized spacial score (nSPS) is 10.6. The van der Waals surface area contributed by atoms with Crippen molar-refractivity contribution < 1.29 is 23.0 Å². The highest BCUT2D eigenvalue weighted by Crippen LogP contribution is 2.34. The van der Waals surface area contributed by atoms with E-state index in [0.717, 1.165) is 0 Å². The van der Waals surface area contributed by atoms with E-state index in [1.807, 2.05) is 0 Å². The summed E-state index contributed by atoms with van der Waals surface area (Å²) in [4.78, 5) is 15.2. The van der Waals surface area contributed by atoms with E-state index in [0.29, 0.717) is 0 Å². The maximum Gasteiger partial charge on any atom is 0.310 e. The summed E-state index contributed by atoms with van der Waals surface area (Å²) in [6, 6.07) is 0. The summed E-state index contributed by atoms with van der Waals surface area (Å²) in [7, 11) is 1.31. The van der Waals surface area contributed by atoms with E-state index >= 15 is 0 Å². The molecule has 0 aliphatic rings. The molecular weight excluding hydrogens is 312 g/mol. The summed E-state index contributed by atoms with van der Waals surface area (Å²) < 4.78 is 35.7. The van der Waals surface area contributed by atoms with Crippen molar-refractivity contribution in [2.24, 2.45) is 0 Å². The van der Waals surface area contributed by atoms with Crippen LogP contribution in [0.25, 0.3) is 0 Å². The Morgan fingerprint density at radius 2 is 2.22 bits per heavy atom. The molecular formula is C11H12BrF2NO3. The van der Waals surface area contributed by atoms with E-state index in [9.17, 15) is 13.6 Å². The van der Waals surface area contributed by atoms with Crippen molar-refractivity contribution in [3.63, 3.8) is 0 Å². The molecule has 0 saturated carbocycles. The van der Waals surface area contributed by atoms with Gasteiger partial charge >= 0.3 is 5.97 Å². The lowest BCUT2D eigenvalue weighted by molar-refractivity contribution is -0.142. The number of methoxy groups -OCH3 is 1. The van der Waals surface area contributed by atoms with Crippen LogP contribution in [-0.4, -0.2) is 24.7 Å². The number of hydrogen-bond acceptors (Lipinski definition) is 4. The Morgan fingerprint density at radius 3 is 2.72 bits per heavy atom. The minimum Gasteiger partial charge on any atom is -0.481 e. The van der Waals surface area contributed by atoms with Crippen molar-refractivity contribution in [3.05, 3.63) is 21.8 Å². The maximum absolute atomic E-state index is 13.0. The fourth-order valence-corrected chi connectivity index (χ4v) is 1.98. The summed E-state index contributed by atoms with van der Waals surface area (Å²) in [6.07, 6.45) is -1.82. The Labute approximate surface area is 111 Å². The van der Waals surface area contributed by atoms with Crippen molar-refractivity contribution >= 4 is 21.9 Å². The zero-order valence-corrected chi connectivity index (χ0v) is 11.5. The van der Waals surface area contributed by atoms with Crippen LogP contribution in [-0.2, 0) is 16.0 Å². The van der Waals surface area contributed by atoms with Crippen LogP contribution < -0.4 is 4.74 Å². The summed E-state index contributed by atoms with van der Waals surface area (Å²) in [5.41, 5.74) is -0.254. The molecule has 0 N–H and O–H groups in total. The van der Waals surface area contributed by atoms with Gasteiger partial charge in [0, 0.05) is 21.8 Å². The summed E-state index contributed by atoms with van der Waals surface area (Å²) in [6.45, 7) is 1.83. The molecule has 1 heterocycles. The Morgan fingerprint density at radius 1 is 1.56 bits per heavy atom. The molecule has 1 aromatic rings. The van der Waals surface area contributed by atoms with Gasteiger partial charge in [-0.3, -0.25) is 4.79 Å². The highest BCUT2D eigenvalue weighted by atomic mass is 79.9. The molecule has 0 aromatic carbocycles. The molecule has 0 aliphatic carbocycles. The number of aromatic nitrogens is 1. The van der Waals surface area contributed by atoms with Crippen molar-refractivity contribution in [2.75, 3.05) is 13.7 Å². The van der Waals surface area contributed by atoms with Gasteiger partial charge in [-0.1, -0.05) is 0 Å². The average Bonchev–Trinajstić information content (AvgIpc) is 2.29. The van der Waals surface area contributed by atoms with Crippen molar-refractivity contribution in [2.45, 2.75) is 19.8 Å². The third kappa shape index (κ3) is 3.38. The van der Waals surface area contributed by atoms with E-state index in [1.54, 1.807) is 6.92 Å². The fraction of sp³-hybridized carbons (Fsp3) is 0.455. The highest BCUT2D eigenvalue weighted by molar-refractivity contribution is 9.10. The summed E-state index contributed by atoms with van der Waals surface area (Å²) in [5, 5.41) is 0. The lowest BCUT2D eigenvalue weighted by atomic mass is 10.1. The molecule has 100 valence electrons. The van der Waals surface area contributed by atoms with Crippen LogP contribution in [0.15, 0.2) is 10.7 Å². The maximum atomic E-state index is 13.0. The first-order chi connectivity index (χ1) is 8.51. The van der Waals surface area contributed by atoms with Crippen LogP contribution in [0, 0.1) is 0 Å². The Kier molecular flexibility index (Phi) is 5.46. The third-order valence-electron chi connectivity index (χ3n) is 2.17. The zero-order chi connectivity index (χ0) is 13.7. The minimum absolute atomic E-state index is 0.00144. The van der Waals surface area contributed by atoms with Crippen LogP contribution in [0.1, 0.15) is 24.5 Å². The molecule has 7 heteroatoms. The Balaban J connectivity index is 3.19. The van der Waals surface area contributed by atoms with Gasteiger partial charge in [0.05, 0.1) is 20.1 Å². The fourth-order valence-electron chi connectivity index (χ4n) is 1.46. The number of halogens is 3. The number of alkyl halides is 2. The molecule has 1 rings (SSSR count). The number of carbonyl (C=O) groups is 1. The lowest BCUT2D eigenvalue weighted by Gasteiger charge is -2.13. The number of esters is 1. The summed E-state index contributed by atoms with van der Waals surface area (Å²) in [5.74, 6) is -0.598. The number of nitrogens with zero attached hydrogens (tertiary/aromatic N) is 1. The monoisotopic (exact) mass is 323 g/mol. The first-order valence-corrected chi connectivity index (χ1v) is 5.95. The van der Waals surface area contributed by atoms with Gasteiger partial charge in [0.25, 0.3) is 6.43 Å². The number of hydrogen-bond donors (Lipinski definition) is 0. The molecule has 0 amide bonds. The van der Waals surface area contributed by atoms with Crippen molar-refractivity contribution in [1.82, 2.24) is 4.98 Å². The molecule has 0 radical (unpaired) electrons. The highest BCUT2D eigenvalue weighted by Gasteiger charge is 2.23. The molecule has 0 saturated heterocycles. The second kappa shape index (κ2) is 6.63. The van der Waals surface area contributed by atoms with Gasteiger partial charge in [0.1, 0.15) is 0 Å². The second-order valence-electron chi connectivity index (χ2n) is 3.29. The van der Waals surface area contributed by atoms with Gasteiger partial charge < -0.3 is 9.47 Å². The lowest BCUT2D eigenvalue weighted by Crippen LogP contribution is -2.12. The predicted octanol–water partition coefficient (Wildman–Crippen LogP) is 2.90. The van der Waals surface area contributed by atoms with Gasteiger partial charge in [0.15, 0.2) is 0 Å². The Bertz CT molecular complexity index is 441. The second-order valence-corrected chi connectivity index (χ2v) is 4.14. The average molecular weight is 324 g/mol. The number of rotatable bonds is 5. The number of carbonyl (C=O) groups excluding carboxylic acids is 1. The van der Waals surface area contributed by atoms with E-state index in [2.05, 4.69) is 20.9 Å².